The lowest BCUT2D eigenvalue weighted by Gasteiger charge is -2.14. The maximum Gasteiger partial charge on any atom is 0.337 e. The minimum absolute atomic E-state index is 0.0801. The molecule has 0 spiro atoms. The Morgan fingerprint density at radius 3 is 2.73 bits per heavy atom. The molecule has 1 aromatic heterocycles. The van der Waals surface area contributed by atoms with E-state index < -0.39 is 11.2 Å². The van der Waals surface area contributed by atoms with Gasteiger partial charge in [-0.2, -0.15) is 9.99 Å². The molecule has 0 radical (unpaired) electrons. The Morgan fingerprint density at radius 2 is 2.07 bits per heavy atom. The molecule has 0 unspecified atom stereocenters. The summed E-state index contributed by atoms with van der Waals surface area (Å²) in [5.74, 6) is 0. The number of para-hydroxylation sites is 2. The fourth-order valence-corrected chi connectivity index (χ4v) is 1.34. The fourth-order valence-electron chi connectivity index (χ4n) is 1.34. The average molecular weight is 201 g/mol. The van der Waals surface area contributed by atoms with Crippen LogP contribution in [0.5, 0.6) is 0 Å². The third-order valence-corrected chi connectivity index (χ3v) is 2.06. The van der Waals surface area contributed by atoms with Crippen LogP contribution in [-0.4, -0.2) is 4.73 Å². The Kier molecular flexibility index (Phi) is 1.80. The van der Waals surface area contributed by atoms with Crippen LogP contribution < -0.4 is 10.2 Å². The predicted octanol–water partition coefficient (Wildman–Crippen LogP) is -0.0283. The molecule has 2 aromatic rings. The van der Waals surface area contributed by atoms with E-state index in [1.807, 2.05) is 0 Å². The van der Waals surface area contributed by atoms with Gasteiger partial charge in [0.05, 0.1) is 0 Å². The first-order valence-electron chi connectivity index (χ1n) is 4.06. The molecular formula is C9H5N4O2-. The van der Waals surface area contributed by atoms with E-state index in [4.69, 9.17) is 10.7 Å². The Bertz CT molecular complexity index is 639. The van der Waals surface area contributed by atoms with Gasteiger partial charge in [-0.3, -0.25) is 5.41 Å². The molecule has 1 aromatic carbocycles. The van der Waals surface area contributed by atoms with Crippen molar-refractivity contribution in [3.8, 4) is 6.07 Å². The number of rotatable bonds is 0. The molecule has 6 heteroatoms. The standard InChI is InChI=1S/C9H5N4O2/c10-5-8-9(11)13(15)7-4-2-1-3-6(7)12(8)14/h1-4,11H/q-1. The average Bonchev–Trinajstić information content (AvgIpc) is 2.27. The molecule has 0 bridgehead atoms. The maximum absolute atomic E-state index is 11.6. The number of nitrogens with one attached hydrogen (secondary N) is 1. The van der Waals surface area contributed by atoms with Crippen molar-refractivity contribution in [1.82, 2.24) is 4.73 Å². The second-order valence-corrected chi connectivity index (χ2v) is 2.89. The molecule has 0 saturated heterocycles. The summed E-state index contributed by atoms with van der Waals surface area (Å²) in [5.41, 5.74) is -0.966. The zero-order chi connectivity index (χ0) is 11.0. The van der Waals surface area contributed by atoms with Crippen LogP contribution in [-0.2, 0) is 0 Å². The number of fused-ring (bicyclic) bond motifs is 1. The number of nitrogens with zero attached hydrogens (tertiary/aromatic N) is 3. The van der Waals surface area contributed by atoms with Crippen LogP contribution in [0, 0.1) is 27.2 Å². The summed E-state index contributed by atoms with van der Waals surface area (Å²) < 4.78 is 0.564. The zero-order valence-electron chi connectivity index (χ0n) is 7.47. The highest BCUT2D eigenvalue weighted by Crippen LogP contribution is 2.06. The number of benzene rings is 1. The van der Waals surface area contributed by atoms with Gasteiger partial charge in [0.1, 0.15) is 5.52 Å². The summed E-state index contributed by atoms with van der Waals surface area (Å²) in [4.78, 5) is 0. The molecular weight excluding hydrogens is 196 g/mol. The molecule has 0 fully saturated rings. The highest BCUT2D eigenvalue weighted by Gasteiger charge is 2.13. The molecule has 6 nitrogen and oxygen atoms in total. The lowest BCUT2D eigenvalue weighted by Crippen LogP contribution is -2.41. The third-order valence-electron chi connectivity index (χ3n) is 2.06. The Hall–Kier alpha value is -2.55. The third kappa shape index (κ3) is 1.10. The molecule has 15 heavy (non-hydrogen) atoms. The first kappa shape index (κ1) is 9.02. The van der Waals surface area contributed by atoms with Crippen LogP contribution in [0.4, 0.5) is 0 Å². The van der Waals surface area contributed by atoms with Crippen molar-refractivity contribution in [2.75, 3.05) is 0 Å². The summed E-state index contributed by atoms with van der Waals surface area (Å²) in [6.07, 6.45) is 0. The fraction of sp³-hybridized carbons (Fsp3) is 0. The molecule has 74 valence electrons. The van der Waals surface area contributed by atoms with E-state index in [0.717, 1.165) is 0 Å². The van der Waals surface area contributed by atoms with Crippen LogP contribution in [0.25, 0.3) is 11.0 Å². The number of hydrogen-bond donors (Lipinski definition) is 1. The topological polar surface area (TPSA) is 103 Å². The van der Waals surface area contributed by atoms with E-state index in [0.29, 0.717) is 4.73 Å². The SMILES string of the molecule is N#Cc1c(=N)n([O-])c2ccccc2[n+]1[O-]. The van der Waals surface area contributed by atoms with Crippen molar-refractivity contribution in [1.29, 1.82) is 10.7 Å². The smallest absolute Gasteiger partial charge is 0.337 e. The molecule has 0 amide bonds. The minimum atomic E-state index is -0.633. The second kappa shape index (κ2) is 2.99. The molecule has 0 aliphatic carbocycles. The van der Waals surface area contributed by atoms with Crippen molar-refractivity contribution < 1.29 is 4.73 Å². The van der Waals surface area contributed by atoms with Gasteiger partial charge in [0.2, 0.25) is 11.0 Å². The summed E-state index contributed by atoms with van der Waals surface area (Å²) in [7, 11) is 0. The molecule has 1 heterocycles. The summed E-state index contributed by atoms with van der Waals surface area (Å²) in [6, 6.07) is 7.56. The number of aromatic nitrogens is 2. The summed E-state index contributed by atoms with van der Waals surface area (Å²) in [6.45, 7) is 0. The van der Waals surface area contributed by atoms with Crippen LogP contribution in [0.3, 0.4) is 0 Å². The Morgan fingerprint density at radius 1 is 1.40 bits per heavy atom. The molecule has 2 rings (SSSR count). The quantitative estimate of drug-likeness (QED) is 0.478. The zero-order valence-corrected chi connectivity index (χ0v) is 7.47. The monoisotopic (exact) mass is 201 g/mol. The van der Waals surface area contributed by atoms with Gasteiger partial charge in [0.15, 0.2) is 6.07 Å². The van der Waals surface area contributed by atoms with Crippen molar-refractivity contribution in [3.63, 3.8) is 0 Å². The van der Waals surface area contributed by atoms with Crippen molar-refractivity contribution in [2.45, 2.75) is 0 Å². The number of nitriles is 1. The molecule has 0 aliphatic rings. The second-order valence-electron chi connectivity index (χ2n) is 2.89. The van der Waals surface area contributed by atoms with Crippen molar-refractivity contribution in [2.24, 2.45) is 0 Å². The Labute approximate surface area is 83.9 Å². The first-order valence-corrected chi connectivity index (χ1v) is 4.06. The van der Waals surface area contributed by atoms with Crippen LogP contribution in [0.1, 0.15) is 5.69 Å². The first-order chi connectivity index (χ1) is 7.16. The van der Waals surface area contributed by atoms with E-state index in [-0.39, 0.29) is 15.8 Å². The summed E-state index contributed by atoms with van der Waals surface area (Å²) in [5, 5.41) is 39.0. The van der Waals surface area contributed by atoms with E-state index in [1.165, 1.54) is 18.2 Å². The van der Waals surface area contributed by atoms with Gasteiger partial charge >= 0.3 is 5.69 Å². The lowest BCUT2D eigenvalue weighted by molar-refractivity contribution is -0.581. The molecule has 0 aliphatic heterocycles. The van der Waals surface area contributed by atoms with Gasteiger partial charge in [-0.1, -0.05) is 12.1 Å². The van der Waals surface area contributed by atoms with Crippen LogP contribution in [0.15, 0.2) is 24.3 Å². The Balaban J connectivity index is 3.12. The number of hydrogen-bond acceptors (Lipinski definition) is 4. The van der Waals surface area contributed by atoms with Gasteiger partial charge in [-0.25, -0.2) is 0 Å². The van der Waals surface area contributed by atoms with Crippen LogP contribution >= 0.6 is 0 Å². The minimum Gasteiger partial charge on any atom is -0.804 e. The van der Waals surface area contributed by atoms with Crippen LogP contribution in [0.2, 0.25) is 0 Å². The highest BCUT2D eigenvalue weighted by molar-refractivity contribution is 5.71. The van der Waals surface area contributed by atoms with E-state index >= 15 is 0 Å². The van der Waals surface area contributed by atoms with Gasteiger partial charge in [0, 0.05) is 6.07 Å². The summed E-state index contributed by atoms with van der Waals surface area (Å²) >= 11 is 0. The van der Waals surface area contributed by atoms with E-state index in [2.05, 4.69) is 0 Å². The normalized spacial score (nSPS) is 10.1. The highest BCUT2D eigenvalue weighted by atomic mass is 16.5. The van der Waals surface area contributed by atoms with Gasteiger partial charge in [-0.15, -0.1) is 0 Å². The largest absolute Gasteiger partial charge is 0.804 e. The molecule has 0 saturated carbocycles. The van der Waals surface area contributed by atoms with Gasteiger partial charge in [0.25, 0.3) is 0 Å². The predicted molar refractivity (Wildman–Crippen MR) is 50.2 cm³/mol. The lowest BCUT2D eigenvalue weighted by atomic mass is 10.3. The van der Waals surface area contributed by atoms with E-state index in [9.17, 15) is 10.4 Å². The molecule has 0 atom stereocenters. The van der Waals surface area contributed by atoms with Crippen molar-refractivity contribution >= 4 is 11.0 Å². The molecule has 1 N–H and O–H groups in total. The van der Waals surface area contributed by atoms with E-state index in [1.54, 1.807) is 12.1 Å². The maximum atomic E-state index is 11.6. The van der Waals surface area contributed by atoms with Crippen molar-refractivity contribution in [3.05, 3.63) is 45.9 Å². The van der Waals surface area contributed by atoms with Gasteiger partial charge < -0.3 is 15.1 Å². The van der Waals surface area contributed by atoms with Gasteiger partial charge in [-0.05, 0) is 6.07 Å².